The fourth-order valence-corrected chi connectivity index (χ4v) is 3.26. The van der Waals surface area contributed by atoms with Crippen molar-refractivity contribution in [3.8, 4) is 11.5 Å². The van der Waals surface area contributed by atoms with Crippen LogP contribution >= 0.6 is 0 Å². The third-order valence-electron chi connectivity index (χ3n) is 4.31. The van der Waals surface area contributed by atoms with Crippen LogP contribution in [0.4, 0.5) is 0 Å². The van der Waals surface area contributed by atoms with E-state index in [2.05, 4.69) is 6.08 Å². The average Bonchev–Trinajstić information content (AvgIpc) is 2.64. The topological polar surface area (TPSA) is 40.5 Å². The highest BCUT2D eigenvalue weighted by Gasteiger charge is 2.36. The summed E-state index contributed by atoms with van der Waals surface area (Å²) in [5, 5.41) is 20.6. The van der Waals surface area contributed by atoms with Gasteiger partial charge in [-0.05, 0) is 24.1 Å². The van der Waals surface area contributed by atoms with Crippen LogP contribution in [-0.2, 0) is 5.41 Å². The molecular formula is C22H20O2. The maximum Gasteiger partial charge on any atom is 0.162 e. The highest BCUT2D eigenvalue weighted by molar-refractivity contribution is 5.61. The molecule has 0 atom stereocenters. The van der Waals surface area contributed by atoms with Gasteiger partial charge in [-0.25, -0.2) is 0 Å². The number of benzene rings is 3. The first-order valence-corrected chi connectivity index (χ1v) is 7.96. The lowest BCUT2D eigenvalue weighted by Gasteiger charge is -2.33. The van der Waals surface area contributed by atoms with E-state index < -0.39 is 5.41 Å². The SMILES string of the molecule is CC=CC(c1ccccc1)(c1ccccc1)c1cccc(O)c1O. The van der Waals surface area contributed by atoms with Gasteiger partial charge in [0.1, 0.15) is 0 Å². The summed E-state index contributed by atoms with van der Waals surface area (Å²) in [5.41, 5.74) is 2.02. The monoisotopic (exact) mass is 316 g/mol. The van der Waals surface area contributed by atoms with Crippen LogP contribution < -0.4 is 0 Å². The Morgan fingerprint density at radius 1 is 0.708 bits per heavy atom. The zero-order valence-corrected chi connectivity index (χ0v) is 13.6. The minimum Gasteiger partial charge on any atom is -0.504 e. The molecule has 0 saturated carbocycles. The van der Waals surface area contributed by atoms with Crippen LogP contribution in [0.5, 0.6) is 11.5 Å². The first-order chi connectivity index (χ1) is 11.7. The second kappa shape index (κ2) is 6.63. The predicted octanol–water partition coefficient (Wildman–Crippen LogP) is 5.01. The van der Waals surface area contributed by atoms with Gasteiger partial charge in [0.25, 0.3) is 0 Å². The van der Waals surface area contributed by atoms with Crippen molar-refractivity contribution in [2.75, 3.05) is 0 Å². The predicted molar refractivity (Wildman–Crippen MR) is 97.4 cm³/mol. The van der Waals surface area contributed by atoms with Crippen LogP contribution in [0.1, 0.15) is 23.6 Å². The van der Waals surface area contributed by atoms with E-state index in [0.717, 1.165) is 11.1 Å². The van der Waals surface area contributed by atoms with Crippen LogP contribution in [0.15, 0.2) is 91.0 Å². The summed E-state index contributed by atoms with van der Waals surface area (Å²) >= 11 is 0. The molecule has 2 N–H and O–H groups in total. The van der Waals surface area contributed by atoms with Gasteiger partial charge in [-0.3, -0.25) is 0 Å². The number of hydrogen-bond donors (Lipinski definition) is 2. The highest BCUT2D eigenvalue weighted by atomic mass is 16.3. The molecule has 0 unspecified atom stereocenters. The van der Waals surface area contributed by atoms with Crippen LogP contribution in [0.25, 0.3) is 0 Å². The van der Waals surface area contributed by atoms with Crippen LogP contribution in [0.3, 0.4) is 0 Å². The number of allylic oxidation sites excluding steroid dienone is 2. The summed E-state index contributed by atoms with van der Waals surface area (Å²) in [6.07, 6.45) is 4.04. The first-order valence-electron chi connectivity index (χ1n) is 7.96. The van der Waals surface area contributed by atoms with Crippen LogP contribution in [0, 0.1) is 0 Å². The molecule has 2 heteroatoms. The Bertz CT molecular complexity index is 797. The van der Waals surface area contributed by atoms with Gasteiger partial charge in [0.05, 0.1) is 5.41 Å². The van der Waals surface area contributed by atoms with E-state index in [1.54, 1.807) is 6.07 Å². The summed E-state index contributed by atoms with van der Waals surface area (Å²) in [4.78, 5) is 0. The van der Waals surface area contributed by atoms with Gasteiger partial charge in [0, 0.05) is 5.56 Å². The smallest absolute Gasteiger partial charge is 0.162 e. The molecule has 0 bridgehead atoms. The molecular weight excluding hydrogens is 296 g/mol. The normalized spacial score (nSPS) is 11.7. The summed E-state index contributed by atoms with van der Waals surface area (Å²) in [7, 11) is 0. The molecule has 0 aliphatic rings. The van der Waals surface area contributed by atoms with Gasteiger partial charge in [0.2, 0.25) is 0 Å². The summed E-state index contributed by atoms with van der Waals surface area (Å²) in [6, 6.07) is 25.1. The summed E-state index contributed by atoms with van der Waals surface area (Å²) < 4.78 is 0. The molecule has 0 saturated heterocycles. The van der Waals surface area contributed by atoms with E-state index >= 15 is 0 Å². The molecule has 3 rings (SSSR count). The molecule has 0 radical (unpaired) electrons. The molecule has 0 heterocycles. The molecule has 0 aromatic heterocycles. The second-order valence-corrected chi connectivity index (χ2v) is 5.71. The van der Waals surface area contributed by atoms with Crippen molar-refractivity contribution in [1.29, 1.82) is 0 Å². The molecule has 3 aromatic rings. The standard InChI is InChI=1S/C22H20O2/c1-2-16-22(17-10-5-3-6-11-17,18-12-7-4-8-13-18)19-14-9-15-20(23)21(19)24/h2-16,23-24H,1H3. The molecule has 0 aliphatic carbocycles. The van der Waals surface area contributed by atoms with E-state index in [-0.39, 0.29) is 11.5 Å². The van der Waals surface area contributed by atoms with E-state index in [9.17, 15) is 10.2 Å². The fraction of sp³-hybridized carbons (Fsp3) is 0.0909. The summed E-state index contributed by atoms with van der Waals surface area (Å²) in [6.45, 7) is 1.96. The molecule has 0 spiro atoms. The van der Waals surface area contributed by atoms with Crippen LogP contribution in [-0.4, -0.2) is 10.2 Å². The van der Waals surface area contributed by atoms with E-state index in [0.29, 0.717) is 5.56 Å². The second-order valence-electron chi connectivity index (χ2n) is 5.71. The number of phenolic OH excluding ortho intramolecular Hbond substituents is 2. The average molecular weight is 316 g/mol. The molecule has 2 nitrogen and oxygen atoms in total. The van der Waals surface area contributed by atoms with Crippen molar-refractivity contribution in [3.05, 3.63) is 108 Å². The lowest BCUT2D eigenvalue weighted by molar-refractivity contribution is 0.396. The Morgan fingerprint density at radius 2 is 1.25 bits per heavy atom. The highest BCUT2D eigenvalue weighted by Crippen LogP contribution is 2.46. The quantitative estimate of drug-likeness (QED) is 0.403. The largest absolute Gasteiger partial charge is 0.504 e. The van der Waals surface area contributed by atoms with E-state index in [4.69, 9.17) is 0 Å². The van der Waals surface area contributed by atoms with Gasteiger partial charge < -0.3 is 10.2 Å². The Balaban J connectivity index is 2.42. The molecule has 0 aliphatic heterocycles. The maximum atomic E-state index is 10.6. The van der Waals surface area contributed by atoms with Crippen molar-refractivity contribution in [1.82, 2.24) is 0 Å². The maximum absolute atomic E-state index is 10.6. The number of aromatic hydroxyl groups is 2. The molecule has 120 valence electrons. The minimum atomic E-state index is -0.680. The number of hydrogen-bond acceptors (Lipinski definition) is 2. The van der Waals surface area contributed by atoms with Crippen molar-refractivity contribution in [2.24, 2.45) is 0 Å². The Morgan fingerprint density at radius 3 is 1.75 bits per heavy atom. The van der Waals surface area contributed by atoms with Gasteiger partial charge in [0.15, 0.2) is 11.5 Å². The van der Waals surface area contributed by atoms with Gasteiger partial charge in [-0.1, -0.05) is 84.9 Å². The Labute approximate surface area is 142 Å². The molecule has 3 aromatic carbocycles. The van der Waals surface area contributed by atoms with Crippen LogP contribution in [0.2, 0.25) is 0 Å². The van der Waals surface area contributed by atoms with Gasteiger partial charge in [-0.15, -0.1) is 0 Å². The zero-order chi connectivity index (χ0) is 17.0. The fourth-order valence-electron chi connectivity index (χ4n) is 3.26. The van der Waals surface area contributed by atoms with Gasteiger partial charge in [-0.2, -0.15) is 0 Å². The summed E-state index contributed by atoms with van der Waals surface area (Å²) in [5.74, 6) is -0.212. The van der Waals surface area contributed by atoms with Crippen molar-refractivity contribution in [3.63, 3.8) is 0 Å². The Kier molecular flexibility index (Phi) is 4.39. The molecule has 24 heavy (non-hydrogen) atoms. The van der Waals surface area contributed by atoms with Gasteiger partial charge >= 0.3 is 0 Å². The van der Waals surface area contributed by atoms with Crippen molar-refractivity contribution in [2.45, 2.75) is 12.3 Å². The van der Waals surface area contributed by atoms with E-state index in [1.807, 2.05) is 79.7 Å². The minimum absolute atomic E-state index is 0.0942. The zero-order valence-electron chi connectivity index (χ0n) is 13.6. The molecule has 0 amide bonds. The van der Waals surface area contributed by atoms with Crippen molar-refractivity contribution < 1.29 is 10.2 Å². The Hall–Kier alpha value is -3.00. The number of para-hydroxylation sites is 1. The first kappa shape index (κ1) is 15.9. The number of rotatable bonds is 4. The third kappa shape index (κ3) is 2.56. The molecule has 0 fully saturated rings. The lowest BCUT2D eigenvalue weighted by atomic mass is 9.69. The van der Waals surface area contributed by atoms with Crippen molar-refractivity contribution >= 4 is 0 Å². The van der Waals surface area contributed by atoms with E-state index in [1.165, 1.54) is 6.07 Å². The number of phenols is 2. The lowest BCUT2D eigenvalue weighted by Crippen LogP contribution is -2.27. The third-order valence-corrected chi connectivity index (χ3v) is 4.31.